The summed E-state index contributed by atoms with van der Waals surface area (Å²) in [5.74, 6) is -1.81. The third kappa shape index (κ3) is 5.55. The van der Waals surface area contributed by atoms with Gasteiger partial charge in [-0.25, -0.2) is 9.59 Å². The number of rotatable bonds is 5. The average molecular weight is 528 g/mol. The largest absolute Gasteiger partial charge is 0.466 e. The second kappa shape index (κ2) is 12.0. The number of ether oxygens (including phenoxy) is 3. The van der Waals surface area contributed by atoms with Crippen LogP contribution >= 0.6 is 0 Å². The molecule has 10 heteroatoms. The Morgan fingerprint density at radius 1 is 0.789 bits per heavy atom. The smallest absolute Gasteiger partial charge is 0.355 e. The molecule has 10 nitrogen and oxygen atoms in total. The summed E-state index contributed by atoms with van der Waals surface area (Å²) in [5, 5.41) is 0. The van der Waals surface area contributed by atoms with Gasteiger partial charge in [-0.2, -0.15) is 0 Å². The number of hydrogen-bond donors (Lipinski definition) is 0. The van der Waals surface area contributed by atoms with Crippen LogP contribution in [0.4, 0.5) is 5.69 Å². The van der Waals surface area contributed by atoms with E-state index in [1.54, 1.807) is 18.2 Å². The first-order valence-corrected chi connectivity index (χ1v) is 13.3. The summed E-state index contributed by atoms with van der Waals surface area (Å²) in [6, 6.07) is 5.09. The lowest BCUT2D eigenvalue weighted by molar-refractivity contribution is -0.140. The third-order valence-corrected chi connectivity index (χ3v) is 7.68. The van der Waals surface area contributed by atoms with Crippen molar-refractivity contribution in [3.8, 4) is 0 Å². The van der Waals surface area contributed by atoms with E-state index in [-0.39, 0.29) is 48.5 Å². The third-order valence-electron chi connectivity index (χ3n) is 7.68. The number of hydrogen-bond acceptors (Lipinski definition) is 8. The van der Waals surface area contributed by atoms with Gasteiger partial charge >= 0.3 is 11.9 Å². The number of piperidine rings is 2. The Morgan fingerprint density at radius 2 is 1.32 bits per heavy atom. The van der Waals surface area contributed by atoms with Crippen LogP contribution in [0.1, 0.15) is 73.1 Å². The first kappa shape index (κ1) is 27.6. The molecule has 2 amide bonds. The normalized spacial score (nSPS) is 22.3. The van der Waals surface area contributed by atoms with Gasteiger partial charge in [-0.05, 0) is 70.6 Å². The monoisotopic (exact) mass is 527 g/mol. The Labute approximate surface area is 223 Å². The van der Waals surface area contributed by atoms with Crippen LogP contribution in [0.5, 0.6) is 0 Å². The summed E-state index contributed by atoms with van der Waals surface area (Å²) in [6.07, 6.45) is 5.81. The summed E-state index contributed by atoms with van der Waals surface area (Å²) in [7, 11) is 2.45. The van der Waals surface area contributed by atoms with E-state index in [9.17, 15) is 19.2 Å². The number of methoxy groups -OCH3 is 2. The molecular weight excluding hydrogens is 490 g/mol. The van der Waals surface area contributed by atoms with Gasteiger partial charge in [-0.3, -0.25) is 9.59 Å². The van der Waals surface area contributed by atoms with Crippen molar-refractivity contribution in [2.24, 2.45) is 0 Å². The lowest BCUT2D eigenvalue weighted by Crippen LogP contribution is -2.43. The molecule has 2 saturated heterocycles. The molecule has 0 saturated carbocycles. The summed E-state index contributed by atoms with van der Waals surface area (Å²) in [4.78, 5) is 57.9. The van der Waals surface area contributed by atoms with E-state index >= 15 is 0 Å². The fraction of sp³-hybridized carbons (Fsp3) is 0.571. The molecule has 0 spiro atoms. The van der Waals surface area contributed by atoms with E-state index in [0.717, 1.165) is 38.5 Å². The number of carbonyl (C=O) groups is 4. The molecule has 0 N–H and O–H groups in total. The minimum absolute atomic E-state index is 0.00418. The maximum Gasteiger partial charge on any atom is 0.355 e. The first-order chi connectivity index (χ1) is 18.3. The van der Waals surface area contributed by atoms with Crippen molar-refractivity contribution in [1.29, 1.82) is 0 Å². The zero-order chi connectivity index (χ0) is 27.4. The molecule has 3 aliphatic rings. The highest BCUT2D eigenvalue weighted by atomic mass is 16.5. The second-order valence-corrected chi connectivity index (χ2v) is 10.2. The van der Waals surface area contributed by atoms with Gasteiger partial charge in [-0.1, -0.05) is 0 Å². The van der Waals surface area contributed by atoms with Crippen molar-refractivity contribution in [2.75, 3.05) is 45.5 Å². The standard InChI is InChI=1S/C28H37N3O7/c1-18-9-5-7-11-29(18)25(32)20-13-21(26(33)30-12-8-6-10-19(30)2)15-22(14-20)31-17-38-16-23(27(34)36-3)24(31)28(35)37-4/h13-15,18-19H,5-12,16-17H2,1-4H3. The molecule has 2 fully saturated rings. The summed E-state index contributed by atoms with van der Waals surface area (Å²) in [5.41, 5.74) is 1.04. The molecule has 4 rings (SSSR count). The highest BCUT2D eigenvalue weighted by Gasteiger charge is 2.34. The van der Waals surface area contributed by atoms with Gasteiger partial charge in [0.2, 0.25) is 0 Å². The fourth-order valence-corrected chi connectivity index (χ4v) is 5.49. The fourth-order valence-electron chi connectivity index (χ4n) is 5.49. The van der Waals surface area contributed by atoms with Crippen LogP contribution in [-0.4, -0.2) is 86.3 Å². The molecule has 0 bridgehead atoms. The van der Waals surface area contributed by atoms with E-state index in [1.165, 1.54) is 19.1 Å². The van der Waals surface area contributed by atoms with Crippen molar-refractivity contribution in [3.63, 3.8) is 0 Å². The first-order valence-electron chi connectivity index (χ1n) is 13.3. The lowest BCUT2D eigenvalue weighted by atomic mass is 9.99. The topological polar surface area (TPSA) is 106 Å². The molecule has 1 aromatic rings. The number of benzene rings is 1. The van der Waals surface area contributed by atoms with Gasteiger partial charge in [0.15, 0.2) is 0 Å². The van der Waals surface area contributed by atoms with E-state index in [2.05, 4.69) is 0 Å². The van der Waals surface area contributed by atoms with Crippen LogP contribution in [0.15, 0.2) is 29.5 Å². The van der Waals surface area contributed by atoms with Crippen LogP contribution in [0.25, 0.3) is 0 Å². The Balaban J connectivity index is 1.83. The van der Waals surface area contributed by atoms with Gasteiger partial charge in [0.1, 0.15) is 12.4 Å². The van der Waals surface area contributed by atoms with Gasteiger partial charge in [0.25, 0.3) is 11.8 Å². The minimum atomic E-state index is -0.743. The molecule has 0 aromatic heterocycles. The molecule has 3 heterocycles. The minimum Gasteiger partial charge on any atom is -0.466 e. The van der Waals surface area contributed by atoms with E-state index in [0.29, 0.717) is 29.9 Å². The van der Waals surface area contributed by atoms with Crippen LogP contribution in [0.3, 0.4) is 0 Å². The maximum absolute atomic E-state index is 13.7. The predicted molar refractivity (Wildman–Crippen MR) is 139 cm³/mol. The molecule has 3 aliphatic heterocycles. The molecule has 206 valence electrons. The van der Waals surface area contributed by atoms with E-state index < -0.39 is 11.9 Å². The molecule has 1 aromatic carbocycles. The van der Waals surface area contributed by atoms with Crippen LogP contribution in [0, 0.1) is 0 Å². The van der Waals surface area contributed by atoms with Gasteiger partial charge in [0, 0.05) is 42.0 Å². The van der Waals surface area contributed by atoms with Crippen molar-refractivity contribution in [1.82, 2.24) is 9.80 Å². The summed E-state index contributed by atoms with van der Waals surface area (Å²) in [6.45, 7) is 5.14. The number of amides is 2. The van der Waals surface area contributed by atoms with E-state index in [1.807, 2.05) is 23.6 Å². The highest BCUT2D eigenvalue weighted by Crippen LogP contribution is 2.31. The number of anilines is 1. The second-order valence-electron chi connectivity index (χ2n) is 10.2. The highest BCUT2D eigenvalue weighted by molar-refractivity contribution is 6.05. The predicted octanol–water partition coefficient (Wildman–Crippen LogP) is 3.11. The Bertz CT molecular complexity index is 1080. The SMILES string of the molecule is COC(=O)C1=C(C(=O)OC)N(c2cc(C(=O)N3CCCCC3C)cc(C(=O)N3CCCCC3C)c2)COC1. The molecule has 0 radical (unpaired) electrons. The summed E-state index contributed by atoms with van der Waals surface area (Å²) < 4.78 is 15.5. The maximum atomic E-state index is 13.7. The van der Waals surface area contributed by atoms with Crippen molar-refractivity contribution >= 4 is 29.4 Å². The molecule has 38 heavy (non-hydrogen) atoms. The number of carbonyl (C=O) groups excluding carboxylic acids is 4. The van der Waals surface area contributed by atoms with Gasteiger partial charge in [-0.15, -0.1) is 0 Å². The quantitative estimate of drug-likeness (QED) is 0.538. The van der Waals surface area contributed by atoms with Crippen molar-refractivity contribution in [3.05, 3.63) is 40.6 Å². The number of nitrogens with zero attached hydrogens (tertiary/aromatic N) is 3. The van der Waals surface area contributed by atoms with E-state index in [4.69, 9.17) is 14.2 Å². The molecular formula is C28H37N3O7. The van der Waals surface area contributed by atoms with Crippen molar-refractivity contribution < 1.29 is 33.4 Å². The molecule has 0 aliphatic carbocycles. The molecule has 2 unspecified atom stereocenters. The Hall–Kier alpha value is -3.40. The zero-order valence-electron chi connectivity index (χ0n) is 22.7. The summed E-state index contributed by atoms with van der Waals surface area (Å²) >= 11 is 0. The van der Waals surface area contributed by atoms with Crippen molar-refractivity contribution in [2.45, 2.75) is 64.5 Å². The van der Waals surface area contributed by atoms with Gasteiger partial charge in [0.05, 0.1) is 26.4 Å². The van der Waals surface area contributed by atoms with Crippen LogP contribution in [-0.2, 0) is 23.8 Å². The average Bonchev–Trinajstić information content (AvgIpc) is 2.95. The van der Waals surface area contributed by atoms with Gasteiger partial charge < -0.3 is 28.9 Å². The number of esters is 2. The number of likely N-dealkylation sites (tertiary alicyclic amines) is 2. The zero-order valence-corrected chi connectivity index (χ0v) is 22.7. The Kier molecular flexibility index (Phi) is 8.71. The molecule has 2 atom stereocenters. The van der Waals surface area contributed by atoms with Crippen LogP contribution in [0.2, 0.25) is 0 Å². The Morgan fingerprint density at radius 3 is 1.79 bits per heavy atom. The van der Waals surface area contributed by atoms with Crippen LogP contribution < -0.4 is 4.90 Å². The lowest BCUT2D eigenvalue weighted by Gasteiger charge is -2.36.